The summed E-state index contributed by atoms with van der Waals surface area (Å²) in [5.74, 6) is 0.215. The van der Waals surface area contributed by atoms with Crippen molar-refractivity contribution in [3.63, 3.8) is 0 Å². The summed E-state index contributed by atoms with van der Waals surface area (Å²) in [6.45, 7) is 5.71. The molecule has 11 heteroatoms. The van der Waals surface area contributed by atoms with Crippen LogP contribution < -0.4 is 11.4 Å². The number of nitrogens with zero attached hydrogens (tertiary/aromatic N) is 5. The summed E-state index contributed by atoms with van der Waals surface area (Å²) >= 11 is 1.43. The van der Waals surface area contributed by atoms with Crippen molar-refractivity contribution in [1.82, 2.24) is 24.0 Å². The number of ether oxygens (including phenoxy) is 1. The van der Waals surface area contributed by atoms with Crippen molar-refractivity contribution in [2.45, 2.75) is 57.5 Å². The van der Waals surface area contributed by atoms with Crippen LogP contribution in [0.25, 0.3) is 11.2 Å². The van der Waals surface area contributed by atoms with Crippen LogP contribution in [0.2, 0.25) is 0 Å². The highest BCUT2D eigenvalue weighted by molar-refractivity contribution is 7.99. The number of aromatic nitrogens is 4. The molecule has 4 aromatic rings. The predicted molar refractivity (Wildman–Crippen MR) is 156 cm³/mol. The molecule has 210 valence electrons. The average Bonchev–Trinajstić information content (AvgIpc) is 3.21. The van der Waals surface area contributed by atoms with Crippen LogP contribution in [0.3, 0.4) is 0 Å². The van der Waals surface area contributed by atoms with Gasteiger partial charge in [-0.1, -0.05) is 79.3 Å². The van der Waals surface area contributed by atoms with E-state index in [1.165, 1.54) is 28.3 Å². The van der Waals surface area contributed by atoms with Gasteiger partial charge in [-0.3, -0.25) is 4.57 Å². The minimum Gasteiger partial charge on any atom is -0.461 e. The molecule has 1 unspecified atom stereocenters. The van der Waals surface area contributed by atoms with Crippen molar-refractivity contribution >= 4 is 40.7 Å². The molecule has 0 aliphatic carbocycles. The number of hydrogen-bond donors (Lipinski definition) is 1. The fourth-order valence-electron chi connectivity index (χ4n) is 4.31. The van der Waals surface area contributed by atoms with E-state index in [1.807, 2.05) is 67.6 Å². The Labute approximate surface area is 237 Å². The lowest BCUT2D eigenvalue weighted by Crippen LogP contribution is -2.49. The molecule has 1 atom stereocenters. The first-order chi connectivity index (χ1) is 19.2. The number of anilines is 1. The largest absolute Gasteiger partial charge is 0.461 e. The Hall–Kier alpha value is -4.12. The molecule has 0 radical (unpaired) electrons. The van der Waals surface area contributed by atoms with Crippen LogP contribution in [0.5, 0.6) is 0 Å². The first-order valence-corrected chi connectivity index (χ1v) is 14.2. The number of rotatable bonds is 10. The molecule has 4 rings (SSSR count). The first kappa shape index (κ1) is 28.9. The fraction of sp³-hybridized carbons (Fsp3) is 0.345. The standard InChI is InChI=1S/C29H34N6O4S/c1-5-16-40-27-31-24(30)23-25(32-27)34(18-21-14-10-7-11-15-21)29(38)35(23)28(37)33(4)22(26(36)39-19(2)3)17-20-12-8-6-9-13-20/h6-15,19,22H,5,16-18H2,1-4H3,(H2,30,31,32). The summed E-state index contributed by atoms with van der Waals surface area (Å²) in [7, 11) is 1.48. The lowest BCUT2D eigenvalue weighted by molar-refractivity contribution is -0.152. The lowest BCUT2D eigenvalue weighted by atomic mass is 10.1. The van der Waals surface area contributed by atoms with E-state index in [-0.39, 0.29) is 36.1 Å². The molecular formula is C29H34N6O4S. The number of imidazole rings is 1. The van der Waals surface area contributed by atoms with E-state index in [0.717, 1.165) is 27.9 Å². The third kappa shape index (κ3) is 6.36. The Balaban J connectivity index is 1.82. The second kappa shape index (κ2) is 12.8. The maximum atomic E-state index is 14.0. The van der Waals surface area contributed by atoms with Gasteiger partial charge < -0.3 is 15.4 Å². The molecule has 2 heterocycles. The zero-order chi connectivity index (χ0) is 28.8. The van der Waals surface area contributed by atoms with Gasteiger partial charge >= 0.3 is 17.7 Å². The summed E-state index contributed by atoms with van der Waals surface area (Å²) in [6, 6.07) is 17.0. The van der Waals surface area contributed by atoms with E-state index in [2.05, 4.69) is 9.97 Å². The van der Waals surface area contributed by atoms with Crippen LogP contribution in [-0.2, 0) is 22.5 Å². The molecule has 1 amide bonds. The molecule has 0 saturated heterocycles. The molecule has 0 fully saturated rings. The normalized spacial score (nSPS) is 12.0. The molecule has 10 nitrogen and oxygen atoms in total. The minimum absolute atomic E-state index is 0.0126. The Bertz CT molecular complexity index is 1540. The third-order valence-corrected chi connectivity index (χ3v) is 7.30. The monoisotopic (exact) mass is 562 g/mol. The van der Waals surface area contributed by atoms with Crippen molar-refractivity contribution in [3.05, 3.63) is 82.3 Å². The predicted octanol–water partition coefficient (Wildman–Crippen LogP) is 4.19. The lowest BCUT2D eigenvalue weighted by Gasteiger charge is -2.27. The van der Waals surface area contributed by atoms with Gasteiger partial charge in [-0.15, -0.1) is 0 Å². The van der Waals surface area contributed by atoms with Crippen molar-refractivity contribution in [3.8, 4) is 0 Å². The van der Waals surface area contributed by atoms with E-state index < -0.39 is 23.7 Å². The molecule has 40 heavy (non-hydrogen) atoms. The zero-order valence-electron chi connectivity index (χ0n) is 23.1. The number of fused-ring (bicyclic) bond motifs is 1. The van der Waals surface area contributed by atoms with Gasteiger partial charge in [-0.05, 0) is 31.4 Å². The number of nitrogens with two attached hydrogens (primary N) is 1. The highest BCUT2D eigenvalue weighted by Crippen LogP contribution is 2.24. The Kier molecular flexibility index (Phi) is 9.26. The van der Waals surface area contributed by atoms with Gasteiger partial charge in [0, 0.05) is 19.2 Å². The second-order valence-corrected chi connectivity index (χ2v) is 10.7. The summed E-state index contributed by atoms with van der Waals surface area (Å²) in [5.41, 5.74) is 7.80. The number of amides is 1. The molecule has 0 saturated carbocycles. The third-order valence-electron chi connectivity index (χ3n) is 6.25. The summed E-state index contributed by atoms with van der Waals surface area (Å²) < 4.78 is 7.87. The molecule has 0 aliphatic heterocycles. The Morgan fingerprint density at radius 1 is 1.02 bits per heavy atom. The molecule has 0 aliphatic rings. The van der Waals surface area contributed by atoms with Gasteiger partial charge in [-0.2, -0.15) is 0 Å². The van der Waals surface area contributed by atoms with E-state index in [9.17, 15) is 14.4 Å². The number of esters is 1. The number of carbonyl (C=O) groups excluding carboxylic acids is 2. The second-order valence-electron chi connectivity index (χ2n) is 9.69. The van der Waals surface area contributed by atoms with Crippen molar-refractivity contribution in [1.29, 1.82) is 0 Å². The Morgan fingerprint density at radius 2 is 1.65 bits per heavy atom. The van der Waals surface area contributed by atoms with Crippen LogP contribution in [0.1, 0.15) is 38.3 Å². The molecule has 2 aromatic carbocycles. The van der Waals surface area contributed by atoms with E-state index >= 15 is 0 Å². The van der Waals surface area contributed by atoms with Gasteiger partial charge in [-0.25, -0.2) is 28.9 Å². The van der Waals surface area contributed by atoms with Crippen molar-refractivity contribution in [2.24, 2.45) is 0 Å². The molecule has 0 bridgehead atoms. The van der Waals surface area contributed by atoms with Crippen LogP contribution >= 0.6 is 11.8 Å². The topological polar surface area (TPSA) is 125 Å². The van der Waals surface area contributed by atoms with E-state index in [4.69, 9.17) is 10.5 Å². The maximum absolute atomic E-state index is 14.0. The number of hydrogen-bond acceptors (Lipinski definition) is 8. The Morgan fingerprint density at radius 3 is 2.25 bits per heavy atom. The van der Waals surface area contributed by atoms with Gasteiger partial charge in [0.05, 0.1) is 12.6 Å². The van der Waals surface area contributed by atoms with Gasteiger partial charge in [0.1, 0.15) is 11.6 Å². The van der Waals surface area contributed by atoms with Gasteiger partial charge in [0.25, 0.3) is 0 Å². The molecule has 2 N–H and O–H groups in total. The van der Waals surface area contributed by atoms with Crippen LogP contribution in [0, 0.1) is 0 Å². The number of thioether (sulfide) groups is 1. The smallest absolute Gasteiger partial charge is 0.339 e. The quantitative estimate of drug-likeness (QED) is 0.173. The van der Waals surface area contributed by atoms with Gasteiger partial charge in [0.2, 0.25) is 0 Å². The molecule has 0 spiro atoms. The number of benzene rings is 2. The highest BCUT2D eigenvalue weighted by atomic mass is 32.2. The van der Waals surface area contributed by atoms with Crippen molar-refractivity contribution in [2.75, 3.05) is 18.5 Å². The highest BCUT2D eigenvalue weighted by Gasteiger charge is 2.33. The number of nitrogen functional groups attached to an aromatic ring is 1. The van der Waals surface area contributed by atoms with Crippen LogP contribution in [0.15, 0.2) is 70.6 Å². The van der Waals surface area contributed by atoms with Gasteiger partial charge in [0.15, 0.2) is 16.6 Å². The van der Waals surface area contributed by atoms with Crippen LogP contribution in [0.4, 0.5) is 10.6 Å². The summed E-state index contributed by atoms with van der Waals surface area (Å²) in [6.07, 6.45) is 0.728. The number of carbonyl (C=O) groups is 2. The molecular weight excluding hydrogens is 528 g/mol. The summed E-state index contributed by atoms with van der Waals surface area (Å²) in [5, 5.41) is 0.425. The molecule has 2 aromatic heterocycles. The number of likely N-dealkylation sites (N-methyl/N-ethyl adjacent to an activating group) is 1. The van der Waals surface area contributed by atoms with Crippen molar-refractivity contribution < 1.29 is 14.3 Å². The fourth-order valence-corrected chi connectivity index (χ4v) is 5.01. The van der Waals surface area contributed by atoms with Crippen LogP contribution in [-0.4, -0.2) is 60.9 Å². The average molecular weight is 563 g/mol. The zero-order valence-corrected chi connectivity index (χ0v) is 23.9. The summed E-state index contributed by atoms with van der Waals surface area (Å²) in [4.78, 5) is 51.3. The maximum Gasteiger partial charge on any atom is 0.339 e. The van der Waals surface area contributed by atoms with E-state index in [0.29, 0.717) is 5.16 Å². The minimum atomic E-state index is -0.988. The SMILES string of the molecule is CCCSc1nc(N)c2c(n1)n(Cc1ccccc1)c(=O)n2C(=O)N(C)C(Cc1ccccc1)C(=O)OC(C)C. The first-order valence-electron chi connectivity index (χ1n) is 13.2. The van der Waals surface area contributed by atoms with E-state index in [1.54, 1.807) is 13.8 Å².